The number of rotatable bonds is 7. The van der Waals surface area contributed by atoms with Crippen LogP contribution in [0.5, 0.6) is 5.75 Å². The Kier molecular flexibility index (Phi) is 7.72. The number of sulfonamides is 1. The fourth-order valence-corrected chi connectivity index (χ4v) is 6.81. The van der Waals surface area contributed by atoms with Crippen LogP contribution in [0.1, 0.15) is 24.3 Å². The Morgan fingerprint density at radius 3 is 2.61 bits per heavy atom. The zero-order valence-electron chi connectivity index (χ0n) is 22.8. The van der Waals surface area contributed by atoms with E-state index in [4.69, 9.17) is 4.74 Å². The van der Waals surface area contributed by atoms with Gasteiger partial charge in [0.05, 0.1) is 17.1 Å². The van der Waals surface area contributed by atoms with Crippen molar-refractivity contribution in [2.24, 2.45) is 0 Å². The largest absolute Gasteiger partial charge is 0.501 e. The molecule has 1 amide bonds. The van der Waals surface area contributed by atoms with E-state index in [1.165, 1.54) is 43.2 Å². The van der Waals surface area contributed by atoms with Crippen LogP contribution in [-0.4, -0.2) is 87.0 Å². The van der Waals surface area contributed by atoms with Crippen LogP contribution in [0.3, 0.4) is 0 Å². The Morgan fingerprint density at radius 1 is 1.22 bits per heavy atom. The predicted octanol–water partition coefficient (Wildman–Crippen LogP) is 1.94. The average Bonchev–Trinajstić information content (AvgIpc) is 3.53. The van der Waals surface area contributed by atoms with Gasteiger partial charge in [0.15, 0.2) is 5.69 Å². The van der Waals surface area contributed by atoms with Gasteiger partial charge in [-0.1, -0.05) is 6.07 Å². The molecule has 4 heterocycles. The third kappa shape index (κ3) is 5.62. The first-order valence-corrected chi connectivity index (χ1v) is 15.0. The zero-order valence-corrected chi connectivity index (χ0v) is 24.4. The number of carbonyl (C=O) groups is 1. The highest BCUT2D eigenvalue weighted by Gasteiger charge is 2.27. The van der Waals surface area contributed by atoms with Gasteiger partial charge in [-0.2, -0.15) is 0 Å². The van der Waals surface area contributed by atoms with E-state index < -0.39 is 27.1 Å². The highest BCUT2D eigenvalue weighted by molar-refractivity contribution is 7.89. The highest BCUT2D eigenvalue weighted by Crippen LogP contribution is 2.31. The molecule has 41 heavy (non-hydrogen) atoms. The summed E-state index contributed by atoms with van der Waals surface area (Å²) >= 11 is 1.11. The summed E-state index contributed by atoms with van der Waals surface area (Å²) in [5, 5.41) is 10.9. The summed E-state index contributed by atoms with van der Waals surface area (Å²) in [5.41, 5.74) is -0.422. The van der Waals surface area contributed by atoms with E-state index in [1.807, 2.05) is 13.8 Å². The molecule has 2 atom stereocenters. The molecule has 1 N–H and O–H groups in total. The molecule has 0 saturated carbocycles. The van der Waals surface area contributed by atoms with Crippen molar-refractivity contribution in [2.75, 3.05) is 27.2 Å². The van der Waals surface area contributed by atoms with Crippen molar-refractivity contribution in [1.82, 2.24) is 28.1 Å². The number of imidazole rings is 1. The van der Waals surface area contributed by atoms with Gasteiger partial charge in [0.25, 0.3) is 0 Å². The first-order chi connectivity index (χ1) is 19.3. The van der Waals surface area contributed by atoms with Crippen molar-refractivity contribution < 1.29 is 27.4 Å². The molecule has 1 fully saturated rings. The molecule has 0 bridgehead atoms. The third-order valence-corrected chi connectivity index (χ3v) is 9.61. The Hall–Kier alpha value is -3.66. The number of fused-ring (bicyclic) bond motifs is 1. The monoisotopic (exact) mass is 604 g/mol. The topological polar surface area (TPSA) is 139 Å². The quantitative estimate of drug-likeness (QED) is 0.338. The second-order valence-electron chi connectivity index (χ2n) is 10.1. The summed E-state index contributed by atoms with van der Waals surface area (Å²) in [7, 11) is -1.19. The second kappa shape index (κ2) is 11.0. The molecule has 3 aromatic heterocycles. The molecule has 0 radical (unpaired) electrons. The Bertz CT molecular complexity index is 1790. The van der Waals surface area contributed by atoms with Gasteiger partial charge in [0.1, 0.15) is 17.4 Å². The molecular weight excluding hydrogens is 575 g/mol. The summed E-state index contributed by atoms with van der Waals surface area (Å²) in [5.74, 6) is -1.30. The van der Waals surface area contributed by atoms with Crippen molar-refractivity contribution >= 4 is 33.0 Å². The number of hydrogen-bond acceptors (Lipinski definition) is 9. The van der Waals surface area contributed by atoms with Gasteiger partial charge in [-0.25, -0.2) is 31.5 Å². The van der Waals surface area contributed by atoms with Crippen LogP contribution >= 0.6 is 11.3 Å². The number of halogens is 1. The SMILES string of the molecule is CC1CN(C(=O)Cn2ccn3c(=O)c(O)c(-c4ncc(Cc5ccc(F)cc5S(=O)(=O)N(C)C)s4)nc23)CC(C)O1. The second-order valence-corrected chi connectivity index (χ2v) is 13.3. The molecule has 0 spiro atoms. The Morgan fingerprint density at radius 2 is 1.93 bits per heavy atom. The lowest BCUT2D eigenvalue weighted by atomic mass is 10.1. The molecule has 4 aromatic rings. The molecule has 1 aromatic carbocycles. The van der Waals surface area contributed by atoms with Gasteiger partial charge < -0.3 is 19.3 Å². The minimum absolute atomic E-state index is 0.0625. The number of aromatic hydroxyl groups is 1. The first kappa shape index (κ1) is 28.9. The van der Waals surface area contributed by atoms with Gasteiger partial charge in [-0.05, 0) is 31.5 Å². The molecular formula is C26H29FN6O6S2. The van der Waals surface area contributed by atoms with Crippen molar-refractivity contribution in [1.29, 1.82) is 0 Å². The number of hydrogen-bond donors (Lipinski definition) is 1. The lowest BCUT2D eigenvalue weighted by Gasteiger charge is -2.35. The van der Waals surface area contributed by atoms with Crippen molar-refractivity contribution in [3.63, 3.8) is 0 Å². The van der Waals surface area contributed by atoms with Crippen LogP contribution < -0.4 is 5.56 Å². The predicted molar refractivity (Wildman–Crippen MR) is 149 cm³/mol. The molecule has 1 aliphatic heterocycles. The summed E-state index contributed by atoms with van der Waals surface area (Å²) in [6.07, 6.45) is 4.39. The maximum Gasteiger partial charge on any atom is 0.302 e. The lowest BCUT2D eigenvalue weighted by Crippen LogP contribution is -2.49. The van der Waals surface area contributed by atoms with Gasteiger partial charge in [0, 0.05) is 57.1 Å². The van der Waals surface area contributed by atoms with Crippen LogP contribution in [0.4, 0.5) is 4.39 Å². The molecule has 12 nitrogen and oxygen atoms in total. The Labute approximate surface area is 239 Å². The Balaban J connectivity index is 1.46. The van der Waals surface area contributed by atoms with E-state index in [1.54, 1.807) is 11.1 Å². The fourth-order valence-electron chi connectivity index (χ4n) is 4.76. The standard InChI is InChI=1S/C26H29FN6O6S2/c1-15-12-32(13-16(2)39-15)21(34)14-31-7-8-33-25(36)23(35)22(29-26(31)33)24-28-11-19(40-24)9-17-5-6-18(27)10-20(17)41(37,38)30(3)4/h5-8,10-11,15-16,35H,9,12-14H2,1-4H3. The third-order valence-electron chi connectivity index (χ3n) is 6.71. The van der Waals surface area contributed by atoms with Gasteiger partial charge in [0.2, 0.25) is 27.5 Å². The zero-order chi connectivity index (χ0) is 29.6. The summed E-state index contributed by atoms with van der Waals surface area (Å²) < 4.78 is 48.9. The maximum atomic E-state index is 13.9. The number of amides is 1. The minimum Gasteiger partial charge on any atom is -0.501 e. The van der Waals surface area contributed by atoms with Crippen LogP contribution in [0.15, 0.2) is 46.5 Å². The van der Waals surface area contributed by atoms with E-state index in [0.717, 1.165) is 26.1 Å². The number of carbonyl (C=O) groups excluding carboxylic acids is 1. The lowest BCUT2D eigenvalue weighted by molar-refractivity contribution is -0.143. The van der Waals surface area contributed by atoms with E-state index >= 15 is 0 Å². The number of ether oxygens (including phenoxy) is 1. The van der Waals surface area contributed by atoms with E-state index in [0.29, 0.717) is 23.5 Å². The van der Waals surface area contributed by atoms with Crippen LogP contribution in [-0.2, 0) is 32.5 Å². The number of nitrogens with zero attached hydrogens (tertiary/aromatic N) is 6. The summed E-state index contributed by atoms with van der Waals surface area (Å²) in [4.78, 5) is 37.0. The minimum atomic E-state index is -3.91. The number of morpholine rings is 1. The van der Waals surface area contributed by atoms with Crippen molar-refractivity contribution in [3.05, 3.63) is 63.4 Å². The van der Waals surface area contributed by atoms with E-state index in [9.17, 15) is 27.5 Å². The number of aromatic nitrogens is 4. The molecule has 1 saturated heterocycles. The van der Waals surface area contributed by atoms with Crippen molar-refractivity contribution in [3.8, 4) is 16.5 Å². The van der Waals surface area contributed by atoms with Crippen molar-refractivity contribution in [2.45, 2.75) is 43.9 Å². The molecule has 5 rings (SSSR count). The van der Waals surface area contributed by atoms with E-state index in [-0.39, 0.29) is 52.5 Å². The summed E-state index contributed by atoms with van der Waals surface area (Å²) in [6.45, 7) is 4.64. The van der Waals surface area contributed by atoms with Crippen LogP contribution in [0.2, 0.25) is 0 Å². The maximum absolute atomic E-state index is 13.9. The molecule has 218 valence electrons. The highest BCUT2D eigenvalue weighted by atomic mass is 32.2. The van der Waals surface area contributed by atoms with Gasteiger partial charge >= 0.3 is 5.56 Å². The average molecular weight is 605 g/mol. The molecule has 2 unspecified atom stereocenters. The number of benzene rings is 1. The van der Waals surface area contributed by atoms with Crippen LogP contribution in [0.25, 0.3) is 16.5 Å². The molecule has 0 aliphatic carbocycles. The van der Waals surface area contributed by atoms with E-state index in [2.05, 4.69) is 9.97 Å². The van der Waals surface area contributed by atoms with Gasteiger partial charge in [-0.15, -0.1) is 11.3 Å². The first-order valence-electron chi connectivity index (χ1n) is 12.7. The normalized spacial score (nSPS) is 18.0. The van der Waals surface area contributed by atoms with Gasteiger partial charge in [-0.3, -0.25) is 9.59 Å². The molecule has 15 heteroatoms. The smallest absolute Gasteiger partial charge is 0.302 e. The van der Waals surface area contributed by atoms with Crippen LogP contribution in [0, 0.1) is 5.82 Å². The molecule has 1 aliphatic rings. The number of thiazole rings is 1. The fraction of sp³-hybridized carbons (Fsp3) is 0.385. The summed E-state index contributed by atoms with van der Waals surface area (Å²) in [6, 6.07) is 3.56.